The van der Waals surface area contributed by atoms with E-state index in [9.17, 15) is 8.42 Å². The minimum absolute atomic E-state index is 0.0384. The Morgan fingerprint density at radius 2 is 1.94 bits per heavy atom. The van der Waals surface area contributed by atoms with Gasteiger partial charge in [-0.25, -0.2) is 18.5 Å². The molecule has 1 heterocycles. The molecule has 98 valence electrons. The maximum Gasteiger partial charge on any atom is 0.257 e. The molecule has 6 heteroatoms. The van der Waals surface area contributed by atoms with Crippen LogP contribution in [0.25, 0.3) is 0 Å². The van der Waals surface area contributed by atoms with E-state index in [1.54, 1.807) is 6.92 Å². The zero-order valence-electron chi connectivity index (χ0n) is 10.5. The van der Waals surface area contributed by atoms with Gasteiger partial charge in [-0.15, -0.1) is 0 Å². The van der Waals surface area contributed by atoms with Gasteiger partial charge in [0.15, 0.2) is 5.03 Å². The molecule has 0 fully saturated rings. The van der Waals surface area contributed by atoms with Crippen LogP contribution >= 0.6 is 0 Å². The first-order chi connectivity index (χ1) is 7.95. The van der Waals surface area contributed by atoms with Gasteiger partial charge in [0.25, 0.3) is 10.0 Å². The SMILES string of the molecule is CCCCCCCn1cc(S(N)(=O)=O)nc1C. The van der Waals surface area contributed by atoms with Crippen molar-refractivity contribution < 1.29 is 8.42 Å². The van der Waals surface area contributed by atoms with Crippen LogP contribution in [0.15, 0.2) is 11.2 Å². The lowest BCUT2D eigenvalue weighted by atomic mass is 10.1. The smallest absolute Gasteiger partial charge is 0.257 e. The summed E-state index contributed by atoms with van der Waals surface area (Å²) in [5.41, 5.74) is 0. The van der Waals surface area contributed by atoms with Crippen LogP contribution in [0.1, 0.15) is 44.9 Å². The maximum atomic E-state index is 11.1. The summed E-state index contributed by atoms with van der Waals surface area (Å²) < 4.78 is 24.1. The fourth-order valence-electron chi connectivity index (χ4n) is 1.73. The normalized spacial score (nSPS) is 11.9. The molecular formula is C11H21N3O2S. The molecule has 0 aliphatic carbocycles. The molecule has 0 radical (unpaired) electrons. The van der Waals surface area contributed by atoms with Gasteiger partial charge in [-0.05, 0) is 13.3 Å². The Balaban J connectivity index is 2.52. The van der Waals surface area contributed by atoms with E-state index in [0.717, 1.165) is 19.4 Å². The highest BCUT2D eigenvalue weighted by Crippen LogP contribution is 2.10. The maximum absolute atomic E-state index is 11.1. The quantitative estimate of drug-likeness (QED) is 0.758. The second kappa shape index (κ2) is 6.16. The predicted octanol–water partition coefficient (Wildman–Crippen LogP) is 1.81. The van der Waals surface area contributed by atoms with Gasteiger partial charge in [0, 0.05) is 12.7 Å². The number of hydrogen-bond acceptors (Lipinski definition) is 3. The summed E-state index contributed by atoms with van der Waals surface area (Å²) in [7, 11) is -3.68. The summed E-state index contributed by atoms with van der Waals surface area (Å²) in [6.07, 6.45) is 7.43. The van der Waals surface area contributed by atoms with Crippen LogP contribution in [-0.4, -0.2) is 18.0 Å². The molecule has 1 aromatic heterocycles. The second-order valence-corrected chi connectivity index (χ2v) is 5.79. The van der Waals surface area contributed by atoms with E-state index in [0.29, 0.717) is 5.82 Å². The fourth-order valence-corrected chi connectivity index (χ4v) is 2.26. The molecular weight excluding hydrogens is 238 g/mol. The molecule has 1 aromatic rings. The van der Waals surface area contributed by atoms with Crippen LogP contribution in [0.4, 0.5) is 0 Å². The Labute approximate surface area is 103 Å². The van der Waals surface area contributed by atoms with E-state index >= 15 is 0 Å². The zero-order chi connectivity index (χ0) is 12.9. The van der Waals surface area contributed by atoms with Crippen LogP contribution in [0.3, 0.4) is 0 Å². The summed E-state index contributed by atoms with van der Waals surface area (Å²) >= 11 is 0. The van der Waals surface area contributed by atoms with Crippen molar-refractivity contribution in [2.45, 2.75) is 57.5 Å². The average Bonchev–Trinajstić information content (AvgIpc) is 2.60. The summed E-state index contributed by atoms with van der Waals surface area (Å²) in [5.74, 6) is 0.699. The molecule has 0 spiro atoms. The largest absolute Gasteiger partial charge is 0.334 e. The number of unbranched alkanes of at least 4 members (excludes halogenated alkanes) is 4. The van der Waals surface area contributed by atoms with Crippen molar-refractivity contribution in [1.29, 1.82) is 0 Å². The molecule has 5 nitrogen and oxygen atoms in total. The lowest BCUT2D eigenvalue weighted by Gasteiger charge is -2.03. The molecule has 0 aromatic carbocycles. The summed E-state index contributed by atoms with van der Waals surface area (Å²) in [6.45, 7) is 4.77. The number of sulfonamides is 1. The van der Waals surface area contributed by atoms with E-state index in [4.69, 9.17) is 5.14 Å². The van der Waals surface area contributed by atoms with Crippen molar-refractivity contribution in [3.8, 4) is 0 Å². The molecule has 0 saturated carbocycles. The Morgan fingerprint density at radius 3 is 2.47 bits per heavy atom. The fraction of sp³-hybridized carbons (Fsp3) is 0.727. The highest BCUT2D eigenvalue weighted by Gasteiger charge is 2.13. The highest BCUT2D eigenvalue weighted by atomic mass is 32.2. The molecule has 1 rings (SSSR count). The number of rotatable bonds is 7. The lowest BCUT2D eigenvalue weighted by molar-refractivity contribution is 0.560. The lowest BCUT2D eigenvalue weighted by Crippen LogP contribution is -2.12. The Bertz CT molecular complexity index is 451. The highest BCUT2D eigenvalue weighted by molar-refractivity contribution is 7.89. The third-order valence-electron chi connectivity index (χ3n) is 2.75. The zero-order valence-corrected chi connectivity index (χ0v) is 11.3. The monoisotopic (exact) mass is 259 g/mol. The van der Waals surface area contributed by atoms with E-state index in [1.807, 2.05) is 4.57 Å². The number of hydrogen-bond donors (Lipinski definition) is 1. The summed E-state index contributed by atoms with van der Waals surface area (Å²) in [4.78, 5) is 3.95. The standard InChI is InChI=1S/C11H21N3O2S/c1-3-4-5-6-7-8-14-9-11(13-10(14)2)17(12,15)16/h9H,3-8H2,1-2H3,(H2,12,15,16). The first kappa shape index (κ1) is 14.2. The second-order valence-electron chi connectivity index (χ2n) is 4.28. The number of aryl methyl sites for hydroxylation is 2. The summed E-state index contributed by atoms with van der Waals surface area (Å²) in [6, 6.07) is 0. The first-order valence-electron chi connectivity index (χ1n) is 6.01. The van der Waals surface area contributed by atoms with Gasteiger partial charge < -0.3 is 4.57 Å². The van der Waals surface area contributed by atoms with Crippen LogP contribution in [-0.2, 0) is 16.6 Å². The van der Waals surface area contributed by atoms with E-state index < -0.39 is 10.0 Å². The van der Waals surface area contributed by atoms with Crippen LogP contribution in [0, 0.1) is 6.92 Å². The van der Waals surface area contributed by atoms with Crippen molar-refractivity contribution in [2.24, 2.45) is 5.14 Å². The third kappa shape index (κ3) is 4.47. The number of nitrogens with zero attached hydrogens (tertiary/aromatic N) is 2. The average molecular weight is 259 g/mol. The van der Waals surface area contributed by atoms with E-state index in [-0.39, 0.29) is 5.03 Å². The molecule has 0 saturated heterocycles. The molecule has 0 bridgehead atoms. The van der Waals surface area contributed by atoms with Gasteiger partial charge in [-0.3, -0.25) is 0 Å². The van der Waals surface area contributed by atoms with Crippen molar-refractivity contribution in [3.05, 3.63) is 12.0 Å². The number of nitrogens with two attached hydrogens (primary N) is 1. The molecule has 0 unspecified atom stereocenters. The Hall–Kier alpha value is -0.880. The number of imidazole rings is 1. The van der Waals surface area contributed by atoms with Gasteiger partial charge in [0.1, 0.15) is 5.82 Å². The first-order valence-corrected chi connectivity index (χ1v) is 7.56. The molecule has 0 amide bonds. The van der Waals surface area contributed by atoms with Crippen LogP contribution in [0.5, 0.6) is 0 Å². The topological polar surface area (TPSA) is 78.0 Å². The number of aromatic nitrogens is 2. The van der Waals surface area contributed by atoms with Crippen molar-refractivity contribution in [2.75, 3.05) is 0 Å². The van der Waals surface area contributed by atoms with Gasteiger partial charge >= 0.3 is 0 Å². The Morgan fingerprint density at radius 1 is 1.29 bits per heavy atom. The minimum Gasteiger partial charge on any atom is -0.334 e. The molecule has 0 atom stereocenters. The van der Waals surface area contributed by atoms with Crippen LogP contribution < -0.4 is 5.14 Å². The summed E-state index contributed by atoms with van der Waals surface area (Å²) in [5, 5.41) is 4.99. The predicted molar refractivity (Wildman–Crippen MR) is 67.1 cm³/mol. The van der Waals surface area contributed by atoms with Gasteiger partial charge in [0.2, 0.25) is 0 Å². The molecule has 0 aliphatic heterocycles. The van der Waals surface area contributed by atoms with Gasteiger partial charge in [-0.2, -0.15) is 0 Å². The minimum atomic E-state index is -3.68. The molecule has 2 N–H and O–H groups in total. The van der Waals surface area contributed by atoms with E-state index in [1.165, 1.54) is 25.5 Å². The number of primary sulfonamides is 1. The third-order valence-corrected chi connectivity index (χ3v) is 3.53. The van der Waals surface area contributed by atoms with Crippen molar-refractivity contribution in [1.82, 2.24) is 9.55 Å². The van der Waals surface area contributed by atoms with Crippen molar-refractivity contribution in [3.63, 3.8) is 0 Å². The van der Waals surface area contributed by atoms with Crippen molar-refractivity contribution >= 4 is 10.0 Å². The van der Waals surface area contributed by atoms with Crippen LogP contribution in [0.2, 0.25) is 0 Å². The molecule has 0 aliphatic rings. The van der Waals surface area contributed by atoms with Gasteiger partial charge in [0.05, 0.1) is 0 Å². The van der Waals surface area contributed by atoms with E-state index in [2.05, 4.69) is 11.9 Å². The molecule has 17 heavy (non-hydrogen) atoms. The Kier molecular flexibility index (Phi) is 5.14. The van der Waals surface area contributed by atoms with Gasteiger partial charge in [-0.1, -0.05) is 32.6 Å².